The highest BCUT2D eigenvalue weighted by atomic mass is 32.2. The maximum atomic E-state index is 12.8. The molecule has 0 bridgehead atoms. The summed E-state index contributed by atoms with van der Waals surface area (Å²) in [5.41, 5.74) is -1.45. The van der Waals surface area contributed by atoms with E-state index in [4.69, 9.17) is 0 Å². The molecule has 0 spiro atoms. The quantitative estimate of drug-likeness (QED) is 0.578. The lowest BCUT2D eigenvalue weighted by Gasteiger charge is -2.47. The predicted molar refractivity (Wildman–Crippen MR) is 112 cm³/mol. The molecule has 1 aliphatic carbocycles. The number of halogens is 3. The van der Waals surface area contributed by atoms with Crippen LogP contribution in [-0.4, -0.2) is 55.7 Å². The van der Waals surface area contributed by atoms with Gasteiger partial charge in [0.2, 0.25) is 10.8 Å². The molecule has 0 unspecified atom stereocenters. The van der Waals surface area contributed by atoms with Gasteiger partial charge in [0.1, 0.15) is 17.0 Å². The third-order valence-electron chi connectivity index (χ3n) is 6.61. The number of nitrogens with one attached hydrogen (secondary N) is 1. The fourth-order valence-electron chi connectivity index (χ4n) is 4.47. The van der Waals surface area contributed by atoms with Crippen LogP contribution in [0.25, 0.3) is 0 Å². The summed E-state index contributed by atoms with van der Waals surface area (Å²) in [6.45, 7) is 0.209. The van der Waals surface area contributed by atoms with Crippen LogP contribution in [0.4, 0.5) is 24.9 Å². The molecule has 5 rings (SSSR count). The number of aryl methyl sites for hydroxylation is 1. The highest BCUT2D eigenvalue weighted by Gasteiger charge is 2.46. The molecule has 1 atom stereocenters. The molecule has 3 N–H and O–H groups in total. The molecule has 2 fully saturated rings. The van der Waals surface area contributed by atoms with Gasteiger partial charge in [0.25, 0.3) is 0 Å². The highest BCUT2D eigenvalue weighted by Crippen LogP contribution is 2.41. The second-order valence-corrected chi connectivity index (χ2v) is 10.3. The summed E-state index contributed by atoms with van der Waals surface area (Å²) in [6.07, 6.45) is -1.30. The van der Waals surface area contributed by atoms with Crippen LogP contribution in [0.3, 0.4) is 0 Å². The average molecular weight is 469 g/mol. The number of aromatic nitrogens is 2. The lowest BCUT2D eigenvalue weighted by molar-refractivity contribution is -0.137. The predicted octanol–water partition coefficient (Wildman–Crippen LogP) is 2.19. The van der Waals surface area contributed by atoms with Gasteiger partial charge in [-0.3, -0.25) is 0 Å². The Morgan fingerprint density at radius 2 is 1.84 bits per heavy atom. The topological polar surface area (TPSA) is 105 Å². The Kier molecular flexibility index (Phi) is 5.08. The SMILES string of the molecule is [O-][S@+]1CCc2nc(N3CC(O)(c4ccc(C(F)(F)F)cc4)C3)nc(NC3(CO)CCC3)c21. The first kappa shape index (κ1) is 21.7. The van der Waals surface area contributed by atoms with Gasteiger partial charge in [-0.1, -0.05) is 12.1 Å². The van der Waals surface area contributed by atoms with Crippen molar-refractivity contribution in [1.82, 2.24) is 9.97 Å². The van der Waals surface area contributed by atoms with Crippen molar-refractivity contribution >= 4 is 22.9 Å². The zero-order chi connectivity index (χ0) is 22.7. The van der Waals surface area contributed by atoms with Crippen molar-refractivity contribution in [1.29, 1.82) is 0 Å². The van der Waals surface area contributed by atoms with E-state index in [2.05, 4.69) is 15.3 Å². The fraction of sp³-hybridized carbons (Fsp3) is 0.524. The number of alkyl halides is 3. The molecule has 1 saturated carbocycles. The van der Waals surface area contributed by atoms with Crippen LogP contribution in [0.15, 0.2) is 29.2 Å². The minimum Gasteiger partial charge on any atom is -0.611 e. The molecule has 1 saturated heterocycles. The van der Waals surface area contributed by atoms with Gasteiger partial charge < -0.3 is 25.0 Å². The summed E-state index contributed by atoms with van der Waals surface area (Å²) in [4.78, 5) is 11.5. The largest absolute Gasteiger partial charge is 0.611 e. The van der Waals surface area contributed by atoms with Crippen LogP contribution in [0.1, 0.15) is 36.1 Å². The van der Waals surface area contributed by atoms with Crippen LogP contribution >= 0.6 is 0 Å². The van der Waals surface area contributed by atoms with Crippen LogP contribution in [-0.2, 0) is 29.4 Å². The lowest BCUT2D eigenvalue weighted by Crippen LogP contribution is -2.60. The van der Waals surface area contributed by atoms with Crippen molar-refractivity contribution in [3.05, 3.63) is 41.1 Å². The Morgan fingerprint density at radius 3 is 2.41 bits per heavy atom. The number of hydrogen-bond acceptors (Lipinski definition) is 7. The van der Waals surface area contributed by atoms with E-state index < -0.39 is 34.1 Å². The fourth-order valence-corrected chi connectivity index (χ4v) is 5.77. The van der Waals surface area contributed by atoms with E-state index in [1.54, 1.807) is 4.90 Å². The first-order chi connectivity index (χ1) is 15.1. The second kappa shape index (κ2) is 7.47. The van der Waals surface area contributed by atoms with Gasteiger partial charge >= 0.3 is 6.18 Å². The van der Waals surface area contributed by atoms with E-state index >= 15 is 0 Å². The molecule has 0 amide bonds. The summed E-state index contributed by atoms with van der Waals surface area (Å²) in [5, 5.41) is 24.0. The minimum absolute atomic E-state index is 0.0505. The number of fused-ring (bicyclic) bond motifs is 1. The molecule has 0 radical (unpaired) electrons. The lowest BCUT2D eigenvalue weighted by atomic mass is 9.77. The zero-order valence-corrected chi connectivity index (χ0v) is 18.0. The van der Waals surface area contributed by atoms with Crippen molar-refractivity contribution in [3.63, 3.8) is 0 Å². The number of β-amino-alcohol motifs (C(OH)–C–C–N with tert-alkyl or cyclic N) is 1. The molecule has 1 aromatic heterocycles. The number of aliphatic hydroxyl groups excluding tert-OH is 1. The molecular formula is C21H23F3N4O3S. The maximum Gasteiger partial charge on any atom is 0.416 e. The molecule has 2 aromatic rings. The van der Waals surface area contributed by atoms with E-state index in [-0.39, 0.29) is 19.7 Å². The highest BCUT2D eigenvalue weighted by molar-refractivity contribution is 7.91. The van der Waals surface area contributed by atoms with Gasteiger partial charge in [-0.2, -0.15) is 18.2 Å². The average Bonchev–Trinajstić information content (AvgIpc) is 3.08. The third kappa shape index (κ3) is 3.60. The normalized spacial score (nSPS) is 23.3. The number of hydrogen-bond donors (Lipinski definition) is 3. The Balaban J connectivity index is 1.38. The molecule has 1 aromatic carbocycles. The van der Waals surface area contributed by atoms with E-state index in [1.807, 2.05) is 0 Å². The maximum absolute atomic E-state index is 12.8. The Labute approximate surface area is 185 Å². The standard InChI is InChI=1S/C21H23F3N4O3S/c22-21(23,24)14-4-2-13(3-5-14)20(30)10-28(11-20)18-25-15-6-9-32(31)16(15)17(26-18)27-19(12-29)7-1-8-19/h2-5,29-30H,1,6-12H2,(H,25,26,27)/t32-/m1/s1. The summed E-state index contributed by atoms with van der Waals surface area (Å²) in [5.74, 6) is 1.29. The van der Waals surface area contributed by atoms with Gasteiger partial charge in [-0.05, 0) is 48.1 Å². The first-order valence-electron chi connectivity index (χ1n) is 10.5. The van der Waals surface area contributed by atoms with Gasteiger partial charge in [0.15, 0.2) is 5.82 Å². The number of rotatable bonds is 5. The Bertz CT molecular complexity index is 1020. The molecule has 32 heavy (non-hydrogen) atoms. The third-order valence-corrected chi connectivity index (χ3v) is 8.07. The first-order valence-corrected chi connectivity index (χ1v) is 11.8. The molecule has 2 aliphatic heterocycles. The van der Waals surface area contributed by atoms with Crippen molar-refractivity contribution in [2.24, 2.45) is 0 Å². The van der Waals surface area contributed by atoms with Gasteiger partial charge in [-0.25, -0.2) is 4.98 Å². The van der Waals surface area contributed by atoms with Crippen LogP contribution in [0.2, 0.25) is 0 Å². The molecule has 11 heteroatoms. The molecule has 3 aliphatic rings. The monoisotopic (exact) mass is 468 g/mol. The summed E-state index contributed by atoms with van der Waals surface area (Å²) in [6, 6.07) is 4.52. The molecular weight excluding hydrogens is 445 g/mol. The van der Waals surface area contributed by atoms with Crippen LogP contribution in [0, 0.1) is 0 Å². The van der Waals surface area contributed by atoms with E-state index in [1.165, 1.54) is 12.1 Å². The van der Waals surface area contributed by atoms with Crippen molar-refractivity contribution in [2.75, 3.05) is 35.7 Å². The van der Waals surface area contributed by atoms with Crippen molar-refractivity contribution < 1.29 is 27.9 Å². The Hall–Kier alpha value is -2.08. The van der Waals surface area contributed by atoms with Crippen LogP contribution in [0.5, 0.6) is 0 Å². The van der Waals surface area contributed by atoms with E-state index in [9.17, 15) is 27.9 Å². The van der Waals surface area contributed by atoms with Crippen LogP contribution < -0.4 is 10.2 Å². The van der Waals surface area contributed by atoms with Crippen molar-refractivity contribution in [3.8, 4) is 0 Å². The second-order valence-electron chi connectivity index (χ2n) is 8.83. The number of anilines is 2. The van der Waals surface area contributed by atoms with Gasteiger partial charge in [0.05, 0.1) is 30.8 Å². The zero-order valence-electron chi connectivity index (χ0n) is 17.2. The number of benzene rings is 1. The summed E-state index contributed by atoms with van der Waals surface area (Å²) in [7, 11) is 0. The molecule has 172 valence electrons. The minimum atomic E-state index is -4.43. The smallest absolute Gasteiger partial charge is 0.416 e. The van der Waals surface area contributed by atoms with E-state index in [0.29, 0.717) is 40.1 Å². The number of nitrogens with zero attached hydrogens (tertiary/aromatic N) is 3. The molecule has 3 heterocycles. The van der Waals surface area contributed by atoms with E-state index in [0.717, 1.165) is 31.4 Å². The van der Waals surface area contributed by atoms with Gasteiger partial charge in [0, 0.05) is 6.42 Å². The summed E-state index contributed by atoms with van der Waals surface area (Å²) < 4.78 is 50.9. The van der Waals surface area contributed by atoms with Gasteiger partial charge in [-0.15, -0.1) is 0 Å². The molecule has 7 nitrogen and oxygen atoms in total. The summed E-state index contributed by atoms with van der Waals surface area (Å²) >= 11 is -1.21. The van der Waals surface area contributed by atoms with Crippen molar-refractivity contribution in [2.45, 2.75) is 47.9 Å². The number of aliphatic hydroxyl groups is 2. The Morgan fingerprint density at radius 1 is 1.16 bits per heavy atom.